The minimum atomic E-state index is -0.542. The van der Waals surface area contributed by atoms with Crippen molar-refractivity contribution in [3.05, 3.63) is 55.1 Å². The number of methoxy groups -OCH3 is 1. The van der Waals surface area contributed by atoms with E-state index in [1.165, 1.54) is 0 Å². The van der Waals surface area contributed by atoms with Gasteiger partial charge < -0.3 is 9.84 Å². The topological polar surface area (TPSA) is 32.7 Å². The number of aliphatic hydroxyl groups excluding tert-OH is 1. The van der Waals surface area contributed by atoms with Gasteiger partial charge in [-0.3, -0.25) is 4.90 Å². The van der Waals surface area contributed by atoms with Crippen LogP contribution in [0.3, 0.4) is 0 Å². The van der Waals surface area contributed by atoms with Crippen LogP contribution >= 0.6 is 0 Å². The zero-order chi connectivity index (χ0) is 13.4. The fraction of sp³-hybridized carbons (Fsp3) is 0.333. The molecule has 1 rings (SSSR count). The lowest BCUT2D eigenvalue weighted by atomic mass is 10.1. The van der Waals surface area contributed by atoms with Crippen molar-refractivity contribution in [3.8, 4) is 5.75 Å². The molecule has 0 aliphatic heterocycles. The minimum Gasteiger partial charge on any atom is -0.497 e. The molecule has 0 aromatic heterocycles. The highest BCUT2D eigenvalue weighted by molar-refractivity contribution is 5.29. The predicted molar refractivity (Wildman–Crippen MR) is 74.8 cm³/mol. The molecule has 0 saturated heterocycles. The summed E-state index contributed by atoms with van der Waals surface area (Å²) in [5.74, 6) is 0.755. The van der Waals surface area contributed by atoms with Crippen molar-refractivity contribution >= 4 is 0 Å². The largest absolute Gasteiger partial charge is 0.497 e. The van der Waals surface area contributed by atoms with Crippen molar-refractivity contribution in [1.29, 1.82) is 0 Å². The maximum atomic E-state index is 10.2. The summed E-state index contributed by atoms with van der Waals surface area (Å²) in [5, 5.41) is 10.2. The Bertz CT molecular complexity index is 380. The normalized spacial score (nSPS) is 12.2. The highest BCUT2D eigenvalue weighted by atomic mass is 16.5. The highest BCUT2D eigenvalue weighted by Crippen LogP contribution is 2.19. The molecule has 1 atom stereocenters. The number of nitrogens with zero attached hydrogens (tertiary/aromatic N) is 1. The SMILES string of the molecule is C=CCN(CC=C)CC(O)c1cccc(OC)c1. The first-order chi connectivity index (χ1) is 8.71. The Balaban J connectivity index is 2.69. The number of hydrogen-bond donors (Lipinski definition) is 1. The van der Waals surface area contributed by atoms with Crippen LogP contribution in [0, 0.1) is 0 Å². The highest BCUT2D eigenvalue weighted by Gasteiger charge is 2.12. The smallest absolute Gasteiger partial charge is 0.119 e. The molecule has 0 aliphatic carbocycles. The van der Waals surface area contributed by atoms with Gasteiger partial charge in [0, 0.05) is 19.6 Å². The number of ether oxygens (including phenoxy) is 1. The summed E-state index contributed by atoms with van der Waals surface area (Å²) in [6.45, 7) is 9.43. The van der Waals surface area contributed by atoms with Gasteiger partial charge in [0.1, 0.15) is 5.75 Å². The Kier molecular flexibility index (Phi) is 6.19. The van der Waals surface area contributed by atoms with E-state index in [0.29, 0.717) is 6.54 Å². The first-order valence-corrected chi connectivity index (χ1v) is 5.97. The van der Waals surface area contributed by atoms with Gasteiger partial charge in [-0.15, -0.1) is 13.2 Å². The molecular weight excluding hydrogens is 226 g/mol. The molecule has 3 heteroatoms. The molecular formula is C15H21NO2. The van der Waals surface area contributed by atoms with E-state index in [2.05, 4.69) is 18.1 Å². The summed E-state index contributed by atoms with van der Waals surface area (Å²) >= 11 is 0. The summed E-state index contributed by atoms with van der Waals surface area (Å²) in [5.41, 5.74) is 0.854. The van der Waals surface area contributed by atoms with Crippen molar-refractivity contribution in [1.82, 2.24) is 4.90 Å². The number of rotatable bonds is 8. The summed E-state index contributed by atoms with van der Waals surface area (Å²) in [4.78, 5) is 2.07. The molecule has 98 valence electrons. The molecule has 0 heterocycles. The van der Waals surface area contributed by atoms with Crippen LogP contribution in [-0.2, 0) is 0 Å². The van der Waals surface area contributed by atoms with Crippen LogP contribution in [-0.4, -0.2) is 36.8 Å². The fourth-order valence-corrected chi connectivity index (χ4v) is 1.79. The standard InChI is InChI=1S/C15H21NO2/c1-4-9-16(10-5-2)12-15(17)13-7-6-8-14(11-13)18-3/h4-8,11,15,17H,1-2,9-10,12H2,3H3. The zero-order valence-corrected chi connectivity index (χ0v) is 10.9. The molecule has 1 N–H and O–H groups in total. The molecule has 1 aromatic rings. The van der Waals surface area contributed by atoms with Crippen molar-refractivity contribution in [3.63, 3.8) is 0 Å². The van der Waals surface area contributed by atoms with Crippen molar-refractivity contribution in [2.75, 3.05) is 26.7 Å². The third-order valence-electron chi connectivity index (χ3n) is 2.68. The third kappa shape index (κ3) is 4.35. The van der Waals surface area contributed by atoms with E-state index in [9.17, 15) is 5.11 Å². The Morgan fingerprint density at radius 3 is 2.56 bits per heavy atom. The lowest BCUT2D eigenvalue weighted by Crippen LogP contribution is -2.29. The molecule has 3 nitrogen and oxygen atoms in total. The first-order valence-electron chi connectivity index (χ1n) is 5.97. The van der Waals surface area contributed by atoms with Crippen LogP contribution in [0.5, 0.6) is 5.75 Å². The van der Waals surface area contributed by atoms with Gasteiger partial charge in [-0.25, -0.2) is 0 Å². The van der Waals surface area contributed by atoms with Crippen LogP contribution in [0.2, 0.25) is 0 Å². The van der Waals surface area contributed by atoms with Gasteiger partial charge in [0.25, 0.3) is 0 Å². The van der Waals surface area contributed by atoms with E-state index in [1.54, 1.807) is 7.11 Å². The molecule has 1 unspecified atom stereocenters. The monoisotopic (exact) mass is 247 g/mol. The van der Waals surface area contributed by atoms with E-state index in [-0.39, 0.29) is 0 Å². The van der Waals surface area contributed by atoms with Crippen LogP contribution in [0.4, 0.5) is 0 Å². The summed E-state index contributed by atoms with van der Waals surface area (Å²) in [6, 6.07) is 7.49. The average molecular weight is 247 g/mol. The molecule has 1 aromatic carbocycles. The van der Waals surface area contributed by atoms with E-state index in [1.807, 2.05) is 36.4 Å². The van der Waals surface area contributed by atoms with Crippen LogP contribution in [0.25, 0.3) is 0 Å². The van der Waals surface area contributed by atoms with Gasteiger partial charge in [0.2, 0.25) is 0 Å². The summed E-state index contributed by atoms with van der Waals surface area (Å²) in [7, 11) is 1.62. The zero-order valence-electron chi connectivity index (χ0n) is 10.9. The Morgan fingerprint density at radius 2 is 2.00 bits per heavy atom. The fourth-order valence-electron chi connectivity index (χ4n) is 1.79. The van der Waals surface area contributed by atoms with Crippen LogP contribution in [0.1, 0.15) is 11.7 Å². The van der Waals surface area contributed by atoms with Gasteiger partial charge in [0.05, 0.1) is 13.2 Å². The number of benzene rings is 1. The minimum absolute atomic E-state index is 0.542. The quantitative estimate of drug-likeness (QED) is 0.716. The number of aliphatic hydroxyl groups is 1. The van der Waals surface area contributed by atoms with E-state index in [4.69, 9.17) is 4.74 Å². The second-order valence-corrected chi connectivity index (χ2v) is 4.09. The molecule has 0 bridgehead atoms. The molecule has 0 saturated carbocycles. The molecule has 0 fully saturated rings. The van der Waals surface area contributed by atoms with Crippen molar-refractivity contribution < 1.29 is 9.84 Å². The van der Waals surface area contributed by atoms with Gasteiger partial charge in [-0.05, 0) is 17.7 Å². The molecule has 0 spiro atoms. The van der Waals surface area contributed by atoms with Crippen molar-refractivity contribution in [2.24, 2.45) is 0 Å². The Hall–Kier alpha value is -1.58. The van der Waals surface area contributed by atoms with Crippen molar-refractivity contribution in [2.45, 2.75) is 6.10 Å². The molecule has 0 radical (unpaired) electrons. The maximum absolute atomic E-state index is 10.2. The molecule has 0 amide bonds. The third-order valence-corrected chi connectivity index (χ3v) is 2.68. The Morgan fingerprint density at radius 1 is 1.33 bits per heavy atom. The van der Waals surface area contributed by atoms with Gasteiger partial charge in [0.15, 0.2) is 0 Å². The summed E-state index contributed by atoms with van der Waals surface area (Å²) < 4.78 is 5.15. The van der Waals surface area contributed by atoms with E-state index in [0.717, 1.165) is 24.4 Å². The van der Waals surface area contributed by atoms with E-state index < -0.39 is 6.10 Å². The van der Waals surface area contributed by atoms with Crippen LogP contribution in [0.15, 0.2) is 49.6 Å². The Labute approximate surface area is 109 Å². The maximum Gasteiger partial charge on any atom is 0.119 e. The predicted octanol–water partition coefficient (Wildman–Crippen LogP) is 2.40. The van der Waals surface area contributed by atoms with Gasteiger partial charge in [-0.1, -0.05) is 24.3 Å². The lowest BCUT2D eigenvalue weighted by Gasteiger charge is -2.22. The second-order valence-electron chi connectivity index (χ2n) is 4.09. The lowest BCUT2D eigenvalue weighted by molar-refractivity contribution is 0.125. The first kappa shape index (κ1) is 14.5. The van der Waals surface area contributed by atoms with E-state index >= 15 is 0 Å². The second kappa shape index (κ2) is 7.69. The molecule has 0 aliphatic rings. The number of hydrogen-bond acceptors (Lipinski definition) is 3. The molecule has 18 heavy (non-hydrogen) atoms. The van der Waals surface area contributed by atoms with Crippen LogP contribution < -0.4 is 4.74 Å². The van der Waals surface area contributed by atoms with Gasteiger partial charge >= 0.3 is 0 Å². The average Bonchev–Trinajstić information content (AvgIpc) is 2.39. The van der Waals surface area contributed by atoms with Gasteiger partial charge in [-0.2, -0.15) is 0 Å². The summed E-state index contributed by atoms with van der Waals surface area (Å²) in [6.07, 6.45) is 3.10.